The highest BCUT2D eigenvalue weighted by atomic mass is 32.2. The highest BCUT2D eigenvalue weighted by Crippen LogP contribution is 2.30. The first-order valence-corrected chi connectivity index (χ1v) is 11.4. The molecule has 0 aliphatic heterocycles. The van der Waals surface area contributed by atoms with Crippen LogP contribution in [0.4, 0.5) is 17.6 Å². The SMILES string of the molecule is C/C=C\C(NSc1ccc(F)cc1)C(=O)NCc1ccc(Cc2cccc(C(F)(F)F)c2)cc1. The minimum absolute atomic E-state index is 0.222. The lowest BCUT2D eigenvalue weighted by molar-refractivity contribution is -0.137. The van der Waals surface area contributed by atoms with Crippen LogP contribution in [-0.2, 0) is 23.9 Å². The lowest BCUT2D eigenvalue weighted by atomic mass is 10.0. The Labute approximate surface area is 200 Å². The van der Waals surface area contributed by atoms with Crippen LogP contribution in [0.2, 0.25) is 0 Å². The van der Waals surface area contributed by atoms with Gasteiger partial charge in [0.15, 0.2) is 0 Å². The molecule has 3 aromatic rings. The Morgan fingerprint density at radius 1 is 0.971 bits per heavy atom. The van der Waals surface area contributed by atoms with Crippen molar-refractivity contribution in [1.29, 1.82) is 0 Å². The van der Waals surface area contributed by atoms with E-state index in [4.69, 9.17) is 0 Å². The Bertz CT molecular complexity index is 1110. The first-order valence-electron chi connectivity index (χ1n) is 10.6. The minimum Gasteiger partial charge on any atom is -0.350 e. The number of allylic oxidation sites excluding steroid dienone is 1. The van der Waals surface area contributed by atoms with Crippen molar-refractivity contribution in [3.8, 4) is 0 Å². The van der Waals surface area contributed by atoms with E-state index in [0.717, 1.165) is 28.2 Å². The fourth-order valence-corrected chi connectivity index (χ4v) is 3.90. The molecule has 0 saturated carbocycles. The monoisotopic (exact) mass is 488 g/mol. The topological polar surface area (TPSA) is 41.1 Å². The van der Waals surface area contributed by atoms with E-state index >= 15 is 0 Å². The second-order valence-electron chi connectivity index (χ2n) is 7.59. The number of hydrogen-bond donors (Lipinski definition) is 2. The van der Waals surface area contributed by atoms with Crippen LogP contribution in [0.25, 0.3) is 0 Å². The standard InChI is InChI=1S/C26H24F4N2OS/c1-2-4-24(32-34-23-13-11-22(27)12-14-23)25(33)31-17-19-9-7-18(8-10-19)15-20-5-3-6-21(16-20)26(28,29)30/h2-14,16,24,32H,15,17H2,1H3,(H,31,33)/b4-2-. The summed E-state index contributed by atoms with van der Waals surface area (Å²) in [4.78, 5) is 13.4. The quantitative estimate of drug-likeness (QED) is 0.211. The maximum Gasteiger partial charge on any atom is 0.416 e. The number of carbonyl (C=O) groups is 1. The number of rotatable bonds is 9. The zero-order valence-corrected chi connectivity index (χ0v) is 19.2. The van der Waals surface area contributed by atoms with Crippen molar-refractivity contribution >= 4 is 17.9 Å². The maximum absolute atomic E-state index is 13.0. The molecule has 0 aliphatic carbocycles. The van der Waals surface area contributed by atoms with Crippen LogP contribution in [-0.4, -0.2) is 11.9 Å². The molecule has 0 aromatic heterocycles. The van der Waals surface area contributed by atoms with Gasteiger partial charge in [-0.15, -0.1) is 0 Å². The van der Waals surface area contributed by atoms with E-state index in [1.165, 1.54) is 30.1 Å². The van der Waals surface area contributed by atoms with Gasteiger partial charge in [0.25, 0.3) is 0 Å². The molecule has 1 amide bonds. The molecule has 0 radical (unpaired) electrons. The van der Waals surface area contributed by atoms with Crippen molar-refractivity contribution in [3.63, 3.8) is 0 Å². The van der Waals surface area contributed by atoms with Gasteiger partial charge in [0.2, 0.25) is 5.91 Å². The van der Waals surface area contributed by atoms with Gasteiger partial charge in [0.05, 0.1) is 5.56 Å². The Morgan fingerprint density at radius 2 is 1.65 bits per heavy atom. The summed E-state index contributed by atoms with van der Waals surface area (Å²) in [5.41, 5.74) is 1.66. The van der Waals surface area contributed by atoms with Crippen molar-refractivity contribution in [2.24, 2.45) is 0 Å². The van der Waals surface area contributed by atoms with Crippen LogP contribution < -0.4 is 10.0 Å². The van der Waals surface area contributed by atoms with Crippen molar-refractivity contribution in [1.82, 2.24) is 10.0 Å². The number of amides is 1. The molecule has 178 valence electrons. The molecule has 0 spiro atoms. The summed E-state index contributed by atoms with van der Waals surface area (Å²) in [6.45, 7) is 2.12. The average molecular weight is 489 g/mol. The molecule has 3 nitrogen and oxygen atoms in total. The van der Waals surface area contributed by atoms with Gasteiger partial charge in [-0.25, -0.2) is 9.11 Å². The summed E-state index contributed by atoms with van der Waals surface area (Å²) in [6.07, 6.45) is -0.491. The second kappa shape index (κ2) is 11.9. The molecular formula is C26H24F4N2OS. The molecule has 1 atom stereocenters. The summed E-state index contributed by atoms with van der Waals surface area (Å²) in [6, 6.07) is 18.0. The van der Waals surface area contributed by atoms with Gasteiger partial charge >= 0.3 is 6.18 Å². The van der Waals surface area contributed by atoms with Crippen LogP contribution in [0.5, 0.6) is 0 Å². The normalized spacial score (nSPS) is 12.6. The fraction of sp³-hybridized carbons (Fsp3) is 0.192. The first-order chi connectivity index (χ1) is 16.2. The van der Waals surface area contributed by atoms with E-state index in [2.05, 4.69) is 10.0 Å². The van der Waals surface area contributed by atoms with Gasteiger partial charge < -0.3 is 5.32 Å². The lowest BCUT2D eigenvalue weighted by Crippen LogP contribution is -2.39. The van der Waals surface area contributed by atoms with E-state index in [1.54, 1.807) is 30.4 Å². The van der Waals surface area contributed by atoms with Gasteiger partial charge in [0.1, 0.15) is 11.9 Å². The maximum atomic E-state index is 13.0. The molecule has 3 aromatic carbocycles. The predicted octanol–water partition coefficient (Wildman–Crippen LogP) is 6.29. The van der Waals surface area contributed by atoms with Crippen molar-refractivity contribution in [2.45, 2.75) is 37.0 Å². The third-order valence-electron chi connectivity index (χ3n) is 4.94. The van der Waals surface area contributed by atoms with Crippen LogP contribution in [0.3, 0.4) is 0 Å². The molecule has 34 heavy (non-hydrogen) atoms. The first kappa shape index (κ1) is 25.5. The Balaban J connectivity index is 1.54. The molecule has 0 bridgehead atoms. The second-order valence-corrected chi connectivity index (χ2v) is 8.50. The van der Waals surface area contributed by atoms with Crippen molar-refractivity contribution < 1.29 is 22.4 Å². The fourth-order valence-electron chi connectivity index (χ4n) is 3.17. The Kier molecular flexibility index (Phi) is 8.90. The third kappa shape index (κ3) is 7.74. The van der Waals surface area contributed by atoms with Crippen molar-refractivity contribution in [3.05, 3.63) is 113 Å². The van der Waals surface area contributed by atoms with Crippen molar-refractivity contribution in [2.75, 3.05) is 0 Å². The van der Waals surface area contributed by atoms with Crippen LogP contribution >= 0.6 is 11.9 Å². The highest BCUT2D eigenvalue weighted by Gasteiger charge is 2.30. The zero-order valence-electron chi connectivity index (χ0n) is 18.4. The molecule has 0 heterocycles. The molecular weight excluding hydrogens is 464 g/mol. The van der Waals surface area contributed by atoms with Gasteiger partial charge in [-0.1, -0.05) is 54.6 Å². The molecule has 2 N–H and O–H groups in total. The summed E-state index contributed by atoms with van der Waals surface area (Å²) < 4.78 is 54.8. The largest absolute Gasteiger partial charge is 0.416 e. The Hall–Kier alpha value is -3.10. The van der Waals surface area contributed by atoms with Gasteiger partial charge in [-0.2, -0.15) is 13.2 Å². The number of halogens is 4. The molecule has 1 unspecified atom stereocenters. The molecule has 0 aliphatic rings. The predicted molar refractivity (Wildman–Crippen MR) is 127 cm³/mol. The summed E-state index contributed by atoms with van der Waals surface area (Å²) >= 11 is 1.23. The van der Waals surface area contributed by atoms with Gasteiger partial charge in [0, 0.05) is 11.4 Å². The van der Waals surface area contributed by atoms with E-state index in [0.29, 0.717) is 18.5 Å². The lowest BCUT2D eigenvalue weighted by Gasteiger charge is -2.15. The molecule has 0 saturated heterocycles. The summed E-state index contributed by atoms with van der Waals surface area (Å²) in [5, 5.41) is 2.87. The Morgan fingerprint density at radius 3 is 2.29 bits per heavy atom. The number of hydrogen-bond acceptors (Lipinski definition) is 3. The molecule has 3 rings (SSSR count). The van der Waals surface area contributed by atoms with Gasteiger partial charge in [-0.3, -0.25) is 4.79 Å². The highest BCUT2D eigenvalue weighted by molar-refractivity contribution is 7.97. The molecule has 0 fully saturated rings. The minimum atomic E-state index is -4.37. The number of nitrogens with one attached hydrogen (secondary N) is 2. The van der Waals surface area contributed by atoms with E-state index in [1.807, 2.05) is 31.2 Å². The zero-order chi connectivity index (χ0) is 24.6. The van der Waals surface area contributed by atoms with Crippen LogP contribution in [0, 0.1) is 5.82 Å². The smallest absolute Gasteiger partial charge is 0.350 e. The summed E-state index contributed by atoms with van der Waals surface area (Å²) in [7, 11) is 0. The third-order valence-corrected chi connectivity index (χ3v) is 5.82. The molecule has 8 heteroatoms. The van der Waals surface area contributed by atoms with Crippen LogP contribution in [0.1, 0.15) is 29.2 Å². The summed E-state index contributed by atoms with van der Waals surface area (Å²) in [5.74, 6) is -0.548. The average Bonchev–Trinajstić information content (AvgIpc) is 2.82. The van der Waals surface area contributed by atoms with E-state index in [9.17, 15) is 22.4 Å². The van der Waals surface area contributed by atoms with E-state index < -0.39 is 17.8 Å². The number of carbonyl (C=O) groups excluding carboxylic acids is 1. The number of benzene rings is 3. The van der Waals surface area contributed by atoms with Gasteiger partial charge in [-0.05, 0) is 72.3 Å². The van der Waals surface area contributed by atoms with Crippen LogP contribution in [0.15, 0.2) is 89.8 Å². The number of alkyl halides is 3. The van der Waals surface area contributed by atoms with E-state index in [-0.39, 0.29) is 11.7 Å².